The van der Waals surface area contributed by atoms with Gasteiger partial charge in [0, 0.05) is 32.7 Å². The van der Waals surface area contributed by atoms with E-state index in [1.807, 2.05) is 4.90 Å². The Balaban J connectivity index is 1.23. The Bertz CT molecular complexity index is 989. The van der Waals surface area contributed by atoms with E-state index in [1.165, 1.54) is 34.7 Å². The Morgan fingerprint density at radius 2 is 1.62 bits per heavy atom. The molecule has 32 heavy (non-hydrogen) atoms. The average Bonchev–Trinajstić information content (AvgIpc) is 3.07. The second-order valence-electron chi connectivity index (χ2n) is 8.76. The molecule has 0 saturated carbocycles. The van der Waals surface area contributed by atoms with Gasteiger partial charge >= 0.3 is 0 Å². The number of fused-ring (bicyclic) bond motifs is 1. The highest BCUT2D eigenvalue weighted by atomic mass is 16.5. The average molecular weight is 431 g/mol. The molecule has 0 bridgehead atoms. The van der Waals surface area contributed by atoms with Gasteiger partial charge in [0.1, 0.15) is 5.75 Å². The summed E-state index contributed by atoms with van der Waals surface area (Å²) < 4.78 is 6.01. The van der Waals surface area contributed by atoms with Crippen molar-refractivity contribution in [2.45, 2.75) is 38.6 Å². The highest BCUT2D eigenvalue weighted by molar-refractivity contribution is 5.84. The summed E-state index contributed by atoms with van der Waals surface area (Å²) in [6, 6.07) is 23.8. The number of rotatable bonds is 10. The van der Waals surface area contributed by atoms with Crippen molar-refractivity contribution < 1.29 is 9.53 Å². The van der Waals surface area contributed by atoms with Crippen molar-refractivity contribution in [1.82, 2.24) is 9.80 Å². The van der Waals surface area contributed by atoms with Crippen molar-refractivity contribution in [3.8, 4) is 5.75 Å². The van der Waals surface area contributed by atoms with Crippen LogP contribution in [0, 0.1) is 0 Å². The third-order valence-corrected chi connectivity index (χ3v) is 6.28. The number of hydrogen-bond donors (Lipinski definition) is 0. The summed E-state index contributed by atoms with van der Waals surface area (Å²) in [5, 5.41) is 2.47. The van der Waals surface area contributed by atoms with Crippen LogP contribution in [0.4, 0.5) is 0 Å². The molecular weight excluding hydrogens is 396 g/mol. The van der Waals surface area contributed by atoms with Crippen LogP contribution in [0.3, 0.4) is 0 Å². The second kappa shape index (κ2) is 11.7. The molecule has 0 aliphatic carbocycles. The largest absolute Gasteiger partial charge is 0.494 e. The molecule has 1 saturated heterocycles. The molecular formula is C28H34N2O2. The third-order valence-electron chi connectivity index (χ3n) is 6.28. The van der Waals surface area contributed by atoms with Gasteiger partial charge in [0.25, 0.3) is 0 Å². The topological polar surface area (TPSA) is 32.8 Å². The quantitative estimate of drug-likeness (QED) is 0.323. The van der Waals surface area contributed by atoms with E-state index in [0.717, 1.165) is 70.8 Å². The van der Waals surface area contributed by atoms with E-state index in [1.54, 1.807) is 0 Å². The normalized spacial score (nSPS) is 14.9. The van der Waals surface area contributed by atoms with Crippen LogP contribution in [0.1, 0.15) is 36.8 Å². The summed E-state index contributed by atoms with van der Waals surface area (Å²) in [4.78, 5) is 15.3. The van der Waals surface area contributed by atoms with Crippen LogP contribution in [-0.4, -0.2) is 49.0 Å². The van der Waals surface area contributed by atoms with Gasteiger partial charge in [-0.1, -0.05) is 48.5 Å². The summed E-state index contributed by atoms with van der Waals surface area (Å²) >= 11 is 0. The summed E-state index contributed by atoms with van der Waals surface area (Å²) in [7, 11) is 0. The van der Waals surface area contributed by atoms with Crippen LogP contribution in [0.2, 0.25) is 0 Å². The zero-order chi connectivity index (χ0) is 22.0. The molecule has 0 spiro atoms. The first kappa shape index (κ1) is 22.3. The first-order chi connectivity index (χ1) is 15.8. The molecule has 168 valence electrons. The van der Waals surface area contributed by atoms with Gasteiger partial charge in [-0.25, -0.2) is 0 Å². The highest BCUT2D eigenvalue weighted by Gasteiger charge is 2.13. The first-order valence-electron chi connectivity index (χ1n) is 11.9. The van der Waals surface area contributed by atoms with E-state index in [9.17, 15) is 4.79 Å². The Hall–Kier alpha value is -2.85. The van der Waals surface area contributed by atoms with Gasteiger partial charge in [-0.05, 0) is 72.2 Å². The number of unbranched alkanes of at least 4 members (excludes halogenated alkanes) is 2. The Morgan fingerprint density at radius 3 is 2.50 bits per heavy atom. The van der Waals surface area contributed by atoms with E-state index in [4.69, 9.17) is 4.74 Å². The summed E-state index contributed by atoms with van der Waals surface area (Å²) in [5.74, 6) is 0.954. The van der Waals surface area contributed by atoms with Gasteiger partial charge in [0.2, 0.25) is 6.41 Å². The SMILES string of the molecule is O=CN1CCCN(Cc2ccc3cc(OCCCCCc4ccccc4)ccc3c2)CC1. The number of carbonyl (C=O) groups is 1. The summed E-state index contributed by atoms with van der Waals surface area (Å²) in [6.07, 6.45) is 6.64. The minimum Gasteiger partial charge on any atom is -0.494 e. The number of hydrogen-bond acceptors (Lipinski definition) is 3. The van der Waals surface area contributed by atoms with Gasteiger partial charge in [0.15, 0.2) is 0 Å². The van der Waals surface area contributed by atoms with Crippen molar-refractivity contribution in [3.63, 3.8) is 0 Å². The van der Waals surface area contributed by atoms with Gasteiger partial charge in [-0.2, -0.15) is 0 Å². The Morgan fingerprint density at radius 1 is 0.781 bits per heavy atom. The molecule has 1 aliphatic rings. The van der Waals surface area contributed by atoms with E-state index < -0.39 is 0 Å². The molecule has 1 aliphatic heterocycles. The van der Waals surface area contributed by atoms with Crippen LogP contribution in [-0.2, 0) is 17.8 Å². The van der Waals surface area contributed by atoms with E-state index in [-0.39, 0.29) is 0 Å². The number of carbonyl (C=O) groups excluding carboxylic acids is 1. The van der Waals surface area contributed by atoms with E-state index in [0.29, 0.717) is 0 Å². The fourth-order valence-corrected chi connectivity index (χ4v) is 4.42. The minimum absolute atomic E-state index is 0.769. The van der Waals surface area contributed by atoms with Gasteiger partial charge in [-0.3, -0.25) is 9.69 Å². The molecule has 0 radical (unpaired) electrons. The Labute approximate surface area is 191 Å². The molecule has 4 heteroatoms. The Kier molecular flexibility index (Phi) is 8.16. The number of ether oxygens (including phenoxy) is 1. The van der Waals surface area contributed by atoms with Crippen LogP contribution >= 0.6 is 0 Å². The number of nitrogens with zero attached hydrogens (tertiary/aromatic N) is 2. The van der Waals surface area contributed by atoms with Gasteiger partial charge in [-0.15, -0.1) is 0 Å². The monoisotopic (exact) mass is 430 g/mol. The van der Waals surface area contributed by atoms with Crippen molar-refractivity contribution >= 4 is 17.2 Å². The predicted octanol–water partition coefficient (Wildman–Crippen LogP) is 5.30. The molecule has 3 aromatic carbocycles. The molecule has 0 N–H and O–H groups in total. The number of aryl methyl sites for hydroxylation is 1. The lowest BCUT2D eigenvalue weighted by atomic mass is 10.1. The van der Waals surface area contributed by atoms with Crippen LogP contribution in [0.15, 0.2) is 66.7 Å². The maximum Gasteiger partial charge on any atom is 0.209 e. The molecule has 0 unspecified atom stereocenters. The van der Waals surface area contributed by atoms with Crippen LogP contribution in [0.5, 0.6) is 5.75 Å². The third kappa shape index (κ3) is 6.57. The van der Waals surface area contributed by atoms with Crippen LogP contribution < -0.4 is 4.74 Å². The molecule has 1 amide bonds. The van der Waals surface area contributed by atoms with Gasteiger partial charge in [0.05, 0.1) is 6.61 Å². The fourth-order valence-electron chi connectivity index (χ4n) is 4.42. The number of amides is 1. The standard InChI is InChI=1S/C28H34N2O2/c31-23-30-16-7-15-29(17-18-30)22-25-11-12-27-21-28(14-13-26(27)20-25)32-19-6-2-5-10-24-8-3-1-4-9-24/h1,3-4,8-9,11-14,20-21,23H,2,5-7,10,15-19,22H2. The molecule has 0 aromatic heterocycles. The maximum absolute atomic E-state index is 11.0. The lowest BCUT2D eigenvalue weighted by molar-refractivity contribution is -0.118. The smallest absolute Gasteiger partial charge is 0.209 e. The highest BCUT2D eigenvalue weighted by Crippen LogP contribution is 2.23. The lowest BCUT2D eigenvalue weighted by Crippen LogP contribution is -2.29. The first-order valence-corrected chi connectivity index (χ1v) is 11.9. The predicted molar refractivity (Wildman–Crippen MR) is 131 cm³/mol. The maximum atomic E-state index is 11.0. The van der Waals surface area contributed by atoms with Crippen molar-refractivity contribution in [2.24, 2.45) is 0 Å². The zero-order valence-electron chi connectivity index (χ0n) is 18.9. The molecule has 4 rings (SSSR count). The van der Waals surface area contributed by atoms with Crippen LogP contribution in [0.25, 0.3) is 10.8 Å². The van der Waals surface area contributed by atoms with Crippen molar-refractivity contribution in [1.29, 1.82) is 0 Å². The summed E-state index contributed by atoms with van der Waals surface area (Å²) in [6.45, 7) is 5.38. The van der Waals surface area contributed by atoms with E-state index >= 15 is 0 Å². The van der Waals surface area contributed by atoms with Crippen molar-refractivity contribution in [2.75, 3.05) is 32.8 Å². The summed E-state index contributed by atoms with van der Waals surface area (Å²) in [5.41, 5.74) is 2.74. The van der Waals surface area contributed by atoms with Gasteiger partial charge < -0.3 is 9.64 Å². The zero-order valence-corrected chi connectivity index (χ0v) is 18.9. The fraction of sp³-hybridized carbons (Fsp3) is 0.393. The van der Waals surface area contributed by atoms with E-state index in [2.05, 4.69) is 71.6 Å². The molecule has 4 nitrogen and oxygen atoms in total. The molecule has 0 atom stereocenters. The molecule has 1 heterocycles. The second-order valence-corrected chi connectivity index (χ2v) is 8.76. The molecule has 1 fully saturated rings. The minimum atomic E-state index is 0.769. The lowest BCUT2D eigenvalue weighted by Gasteiger charge is -2.20. The number of benzene rings is 3. The molecule has 3 aromatic rings. The van der Waals surface area contributed by atoms with Crippen molar-refractivity contribution in [3.05, 3.63) is 77.9 Å².